The Balaban J connectivity index is 1.49. The van der Waals surface area contributed by atoms with Crippen molar-refractivity contribution in [2.45, 2.75) is 50.9 Å². The van der Waals surface area contributed by atoms with Crippen LogP contribution in [0.4, 0.5) is 0 Å². The minimum atomic E-state index is -2.91. The molecule has 0 amide bonds. The summed E-state index contributed by atoms with van der Waals surface area (Å²) in [6.07, 6.45) is 10.8. The van der Waals surface area contributed by atoms with Crippen molar-refractivity contribution in [2.75, 3.05) is 0 Å². The average Bonchev–Trinajstić information content (AvgIpc) is 3.11. The largest absolute Gasteiger partial charge is 0.647 e. The van der Waals surface area contributed by atoms with Crippen LogP contribution >= 0.6 is 7.79 Å². The summed E-state index contributed by atoms with van der Waals surface area (Å²) in [6, 6.07) is 31.9. The molecule has 3 nitrogen and oxygen atoms in total. The van der Waals surface area contributed by atoms with Crippen molar-refractivity contribution < 1.29 is 4.89 Å². The molecular formula is C30H33N2OP. The standard InChI is InChI=1S/C30H33N2OP/c33-34(23-13-12-16-26-14-4-1-5-15-26)31(24-27-17-6-2-7-18-27)29-21-10-11-22-30(29)32(34)25-28-19-8-3-9-20-28/h1-9,12-20,23,29-30H,10-11,21-22,24-25H2/b16-12+,23-13+/t29-,30-/m1/s1. The van der Waals surface area contributed by atoms with E-state index in [1.807, 2.05) is 48.3 Å². The Morgan fingerprint density at radius 3 is 1.65 bits per heavy atom. The molecular weight excluding hydrogens is 435 g/mol. The van der Waals surface area contributed by atoms with Crippen molar-refractivity contribution in [1.82, 2.24) is 9.34 Å². The highest BCUT2D eigenvalue weighted by atomic mass is 31.2. The lowest BCUT2D eigenvalue weighted by Gasteiger charge is -2.38. The van der Waals surface area contributed by atoms with E-state index in [1.165, 1.54) is 24.0 Å². The van der Waals surface area contributed by atoms with Crippen LogP contribution in [0.15, 0.2) is 109 Å². The van der Waals surface area contributed by atoms with Gasteiger partial charge in [0.15, 0.2) is 0 Å². The molecule has 2 aliphatic rings. The number of allylic oxidation sites excluding steroid dienone is 2. The fourth-order valence-corrected chi connectivity index (χ4v) is 8.48. The molecule has 1 heterocycles. The molecule has 1 saturated heterocycles. The highest BCUT2D eigenvalue weighted by molar-refractivity contribution is 7.67. The van der Waals surface area contributed by atoms with Crippen molar-refractivity contribution in [1.29, 1.82) is 0 Å². The van der Waals surface area contributed by atoms with E-state index in [1.54, 1.807) is 0 Å². The first-order valence-corrected chi connectivity index (χ1v) is 14.0. The van der Waals surface area contributed by atoms with Crippen molar-refractivity contribution in [3.05, 3.63) is 126 Å². The van der Waals surface area contributed by atoms with Crippen LogP contribution in [0.2, 0.25) is 0 Å². The number of nitrogens with zero attached hydrogens (tertiary/aromatic N) is 2. The van der Waals surface area contributed by atoms with Crippen molar-refractivity contribution in [3.8, 4) is 0 Å². The molecule has 4 heteroatoms. The van der Waals surface area contributed by atoms with Gasteiger partial charge in [0.05, 0.1) is 31.0 Å². The summed E-state index contributed by atoms with van der Waals surface area (Å²) < 4.78 is 4.67. The third-order valence-electron chi connectivity index (χ3n) is 7.05. The summed E-state index contributed by atoms with van der Waals surface area (Å²) in [4.78, 5) is 15.0. The van der Waals surface area contributed by atoms with Crippen LogP contribution in [0.1, 0.15) is 42.4 Å². The van der Waals surface area contributed by atoms with Gasteiger partial charge in [-0.15, -0.1) is 0 Å². The normalized spacial score (nSPS) is 23.0. The zero-order valence-corrected chi connectivity index (χ0v) is 20.5. The minimum absolute atomic E-state index is 0.325. The lowest BCUT2D eigenvalue weighted by atomic mass is 9.90. The summed E-state index contributed by atoms with van der Waals surface area (Å²) in [6.45, 7) is 1.44. The Bertz CT molecular complexity index is 1040. The van der Waals surface area contributed by atoms with Crippen molar-refractivity contribution >= 4 is 13.9 Å². The maximum atomic E-state index is 15.0. The quantitative estimate of drug-likeness (QED) is 0.287. The van der Waals surface area contributed by atoms with Gasteiger partial charge in [0.2, 0.25) is 0 Å². The van der Waals surface area contributed by atoms with Crippen LogP contribution < -0.4 is 4.89 Å². The molecule has 1 aliphatic carbocycles. The maximum Gasteiger partial charge on any atom is 0.134 e. The van der Waals surface area contributed by atoms with E-state index in [0.717, 1.165) is 31.5 Å². The molecule has 1 aliphatic heterocycles. The average molecular weight is 469 g/mol. The van der Waals surface area contributed by atoms with Gasteiger partial charge < -0.3 is 4.89 Å². The zero-order valence-electron chi connectivity index (χ0n) is 19.6. The van der Waals surface area contributed by atoms with E-state index in [0.29, 0.717) is 12.1 Å². The predicted octanol–water partition coefficient (Wildman–Crippen LogP) is 6.67. The molecule has 5 rings (SSSR count). The first-order valence-electron chi connectivity index (χ1n) is 12.4. The third-order valence-corrected chi connectivity index (χ3v) is 9.96. The lowest BCUT2D eigenvalue weighted by Crippen LogP contribution is -2.39. The zero-order chi connectivity index (χ0) is 23.2. The first kappa shape index (κ1) is 23.2. The molecule has 174 valence electrons. The molecule has 0 unspecified atom stereocenters. The Kier molecular flexibility index (Phi) is 7.37. The molecule has 3 aromatic carbocycles. The van der Waals surface area contributed by atoms with Gasteiger partial charge in [0, 0.05) is 0 Å². The second-order valence-electron chi connectivity index (χ2n) is 9.29. The highest BCUT2D eigenvalue weighted by Crippen LogP contribution is 2.68. The third kappa shape index (κ3) is 5.09. The Labute approximate surface area is 204 Å². The lowest BCUT2D eigenvalue weighted by molar-refractivity contribution is -0.188. The fraction of sp³-hybridized carbons (Fsp3) is 0.267. The SMILES string of the molecule is [O-][P+]1(/C=C/C=C/c2ccccc2)N(Cc2ccccc2)[C@@H]2CCCC[C@H]2N1Cc1ccccc1. The Hall–Kier alpha value is -2.55. The first-order chi connectivity index (χ1) is 16.7. The summed E-state index contributed by atoms with van der Waals surface area (Å²) in [5, 5.41) is 0. The van der Waals surface area contributed by atoms with Gasteiger partial charge in [-0.05, 0) is 35.6 Å². The number of benzene rings is 3. The second kappa shape index (κ2) is 10.8. The summed E-state index contributed by atoms with van der Waals surface area (Å²) in [5.74, 6) is 2.00. The Morgan fingerprint density at radius 2 is 1.15 bits per heavy atom. The minimum Gasteiger partial charge on any atom is -0.647 e. The topological polar surface area (TPSA) is 29.5 Å². The summed E-state index contributed by atoms with van der Waals surface area (Å²) in [7, 11) is -2.91. The molecule has 0 N–H and O–H groups in total. The van der Waals surface area contributed by atoms with E-state index in [-0.39, 0.29) is 0 Å². The van der Waals surface area contributed by atoms with E-state index in [2.05, 4.69) is 76.1 Å². The van der Waals surface area contributed by atoms with E-state index in [4.69, 9.17) is 0 Å². The molecule has 0 radical (unpaired) electrons. The van der Waals surface area contributed by atoms with Gasteiger partial charge in [-0.2, -0.15) is 9.34 Å². The number of rotatable bonds is 7. The van der Waals surface area contributed by atoms with Gasteiger partial charge in [-0.25, -0.2) is 0 Å². The van der Waals surface area contributed by atoms with Crippen LogP contribution in [0.3, 0.4) is 0 Å². The molecule has 2 fully saturated rings. The van der Waals surface area contributed by atoms with E-state index < -0.39 is 7.79 Å². The second-order valence-corrected chi connectivity index (χ2v) is 11.8. The molecule has 0 bridgehead atoms. The molecule has 0 aromatic heterocycles. The molecule has 34 heavy (non-hydrogen) atoms. The van der Waals surface area contributed by atoms with Gasteiger partial charge in [0.1, 0.15) is 7.79 Å². The smallest absolute Gasteiger partial charge is 0.134 e. The van der Waals surface area contributed by atoms with Crippen LogP contribution in [0, 0.1) is 0 Å². The van der Waals surface area contributed by atoms with Crippen LogP contribution in [0.25, 0.3) is 6.08 Å². The number of hydrogen-bond acceptors (Lipinski definition) is 3. The van der Waals surface area contributed by atoms with Crippen molar-refractivity contribution in [3.63, 3.8) is 0 Å². The monoisotopic (exact) mass is 468 g/mol. The van der Waals surface area contributed by atoms with Gasteiger partial charge >= 0.3 is 0 Å². The van der Waals surface area contributed by atoms with E-state index >= 15 is 0 Å². The van der Waals surface area contributed by atoms with Gasteiger partial charge in [-0.3, -0.25) is 0 Å². The van der Waals surface area contributed by atoms with E-state index in [9.17, 15) is 4.89 Å². The maximum absolute atomic E-state index is 15.0. The van der Waals surface area contributed by atoms with Gasteiger partial charge in [-0.1, -0.05) is 116 Å². The van der Waals surface area contributed by atoms with Crippen molar-refractivity contribution in [2.24, 2.45) is 0 Å². The summed E-state index contributed by atoms with van der Waals surface area (Å²) >= 11 is 0. The molecule has 3 aromatic rings. The number of hydrogen-bond donors (Lipinski definition) is 0. The van der Waals surface area contributed by atoms with Gasteiger partial charge in [0.25, 0.3) is 0 Å². The molecule has 1 saturated carbocycles. The number of fused-ring (bicyclic) bond motifs is 1. The molecule has 2 atom stereocenters. The van der Waals surface area contributed by atoms with Crippen LogP contribution in [-0.2, 0) is 13.1 Å². The predicted molar refractivity (Wildman–Crippen MR) is 142 cm³/mol. The summed E-state index contributed by atoms with van der Waals surface area (Å²) in [5.41, 5.74) is 3.59. The van der Waals surface area contributed by atoms with Crippen LogP contribution in [-0.4, -0.2) is 21.4 Å². The molecule has 0 spiro atoms. The highest BCUT2D eigenvalue weighted by Gasteiger charge is 2.57. The Morgan fingerprint density at radius 1 is 0.676 bits per heavy atom. The fourth-order valence-electron chi connectivity index (χ4n) is 5.40. The van der Waals surface area contributed by atoms with Crippen LogP contribution in [0.5, 0.6) is 0 Å².